The maximum atomic E-state index is 12.8. The summed E-state index contributed by atoms with van der Waals surface area (Å²) in [6, 6.07) is 17.0. The van der Waals surface area contributed by atoms with Gasteiger partial charge in [-0.15, -0.1) is 0 Å². The maximum Gasteiger partial charge on any atom is 0.126 e. The third kappa shape index (κ3) is 5.90. The fourth-order valence-electron chi connectivity index (χ4n) is 1.63. The Bertz CT molecular complexity index is 471. The highest BCUT2D eigenvalue weighted by Crippen LogP contribution is 2.16. The van der Waals surface area contributed by atoms with E-state index in [4.69, 9.17) is 0 Å². The molecule has 2 aromatic rings. The van der Waals surface area contributed by atoms with Crippen LogP contribution in [-0.4, -0.2) is 0 Å². The van der Waals surface area contributed by atoms with Crippen LogP contribution in [0.4, 0.5) is 4.39 Å². The number of halogens is 1. The van der Waals surface area contributed by atoms with E-state index in [1.165, 1.54) is 11.6 Å². The lowest BCUT2D eigenvalue weighted by molar-refractivity contribution is 0.598. The molecular formula is C16H20FNS. The molecule has 0 bridgehead atoms. The first-order valence-electron chi connectivity index (χ1n) is 6.30. The number of thiol groups is 1. The van der Waals surface area contributed by atoms with Crippen molar-refractivity contribution in [3.8, 4) is 0 Å². The molecule has 0 amide bonds. The summed E-state index contributed by atoms with van der Waals surface area (Å²) in [6.45, 7) is 4.79. The third-order valence-corrected chi connectivity index (χ3v) is 2.81. The van der Waals surface area contributed by atoms with Crippen molar-refractivity contribution in [2.24, 2.45) is 0 Å². The van der Waals surface area contributed by atoms with Gasteiger partial charge < -0.3 is 0 Å². The molecule has 0 spiro atoms. The predicted octanol–water partition coefficient (Wildman–Crippen LogP) is 4.57. The highest BCUT2D eigenvalue weighted by atomic mass is 32.1. The number of rotatable bonds is 3. The third-order valence-electron chi connectivity index (χ3n) is 2.65. The lowest BCUT2D eigenvalue weighted by Gasteiger charge is -2.04. The molecule has 0 aliphatic rings. The largest absolute Gasteiger partial charge is 0.262 e. The lowest BCUT2D eigenvalue weighted by atomic mass is 10.0. The highest BCUT2D eigenvalue weighted by molar-refractivity contribution is 7.78. The van der Waals surface area contributed by atoms with E-state index in [9.17, 15) is 4.39 Å². The molecule has 0 radical (unpaired) electrons. The van der Waals surface area contributed by atoms with Crippen LogP contribution < -0.4 is 4.72 Å². The Morgan fingerprint density at radius 1 is 1.00 bits per heavy atom. The Balaban J connectivity index is 0.000000191. The smallest absolute Gasteiger partial charge is 0.126 e. The molecule has 0 aliphatic heterocycles. The molecule has 0 saturated heterocycles. The van der Waals surface area contributed by atoms with Gasteiger partial charge in [-0.25, -0.2) is 4.39 Å². The molecule has 0 heterocycles. The van der Waals surface area contributed by atoms with E-state index in [1.807, 2.05) is 44.2 Å². The topological polar surface area (TPSA) is 12.0 Å². The number of nitrogens with one attached hydrogen (secondary N) is 1. The first kappa shape index (κ1) is 15.7. The van der Waals surface area contributed by atoms with Crippen LogP contribution in [0.25, 0.3) is 0 Å². The molecular weight excluding hydrogens is 257 g/mol. The van der Waals surface area contributed by atoms with Gasteiger partial charge in [0.1, 0.15) is 5.82 Å². The fraction of sp³-hybridized carbons (Fsp3) is 0.250. The van der Waals surface area contributed by atoms with E-state index in [0.717, 1.165) is 12.1 Å². The van der Waals surface area contributed by atoms with Crippen LogP contribution in [0.5, 0.6) is 0 Å². The Labute approximate surface area is 120 Å². The maximum absolute atomic E-state index is 12.8. The standard InChI is InChI=1S/C9H11F.C7H9NS/c1-7(2)8-5-3-4-6-9(8)10;9-8-6-7-4-2-1-3-5-7/h3-7H,1-2H3;1-5,8-9H,6H2. The zero-order valence-electron chi connectivity index (χ0n) is 11.3. The van der Waals surface area contributed by atoms with Gasteiger partial charge in [-0.3, -0.25) is 4.72 Å². The SMILES string of the molecule is CC(C)c1ccccc1F.SNCc1ccccc1. The lowest BCUT2D eigenvalue weighted by Crippen LogP contribution is -1.96. The van der Waals surface area contributed by atoms with Gasteiger partial charge in [-0.1, -0.05) is 75.2 Å². The fourth-order valence-corrected chi connectivity index (χ4v) is 1.81. The van der Waals surface area contributed by atoms with E-state index in [1.54, 1.807) is 6.07 Å². The van der Waals surface area contributed by atoms with Crippen LogP contribution >= 0.6 is 12.8 Å². The summed E-state index contributed by atoms with van der Waals surface area (Å²) in [5.41, 5.74) is 2.05. The van der Waals surface area contributed by atoms with Crippen molar-refractivity contribution in [3.63, 3.8) is 0 Å². The van der Waals surface area contributed by atoms with E-state index in [2.05, 4.69) is 29.7 Å². The van der Waals surface area contributed by atoms with Crippen molar-refractivity contribution in [2.75, 3.05) is 0 Å². The summed E-state index contributed by atoms with van der Waals surface area (Å²) in [4.78, 5) is 0. The second-order valence-electron chi connectivity index (χ2n) is 4.50. The summed E-state index contributed by atoms with van der Waals surface area (Å²) in [6.07, 6.45) is 0. The molecule has 0 fully saturated rings. The predicted molar refractivity (Wildman–Crippen MR) is 82.8 cm³/mol. The van der Waals surface area contributed by atoms with Crippen LogP contribution in [0.3, 0.4) is 0 Å². The van der Waals surface area contributed by atoms with Gasteiger partial charge in [0.25, 0.3) is 0 Å². The van der Waals surface area contributed by atoms with Crippen molar-refractivity contribution in [3.05, 3.63) is 71.5 Å². The normalized spacial score (nSPS) is 9.95. The first-order chi connectivity index (χ1) is 9.15. The quantitative estimate of drug-likeness (QED) is 0.783. The van der Waals surface area contributed by atoms with Crippen molar-refractivity contribution in [1.82, 2.24) is 4.72 Å². The molecule has 2 aromatic carbocycles. The Hall–Kier alpha value is -1.32. The van der Waals surface area contributed by atoms with Gasteiger partial charge in [-0.05, 0) is 23.1 Å². The highest BCUT2D eigenvalue weighted by Gasteiger charge is 2.02. The summed E-state index contributed by atoms with van der Waals surface area (Å²) < 4.78 is 15.6. The summed E-state index contributed by atoms with van der Waals surface area (Å²) in [5.74, 6) is 0.179. The average Bonchev–Trinajstić information content (AvgIpc) is 2.41. The molecule has 0 aromatic heterocycles. The number of benzene rings is 2. The van der Waals surface area contributed by atoms with E-state index in [-0.39, 0.29) is 11.7 Å². The van der Waals surface area contributed by atoms with Crippen molar-refractivity contribution >= 4 is 12.8 Å². The van der Waals surface area contributed by atoms with Crippen molar-refractivity contribution in [1.29, 1.82) is 0 Å². The molecule has 0 aliphatic carbocycles. The van der Waals surface area contributed by atoms with Crippen LogP contribution in [0.1, 0.15) is 30.9 Å². The monoisotopic (exact) mass is 277 g/mol. The van der Waals surface area contributed by atoms with Gasteiger partial charge in [0.15, 0.2) is 0 Å². The number of hydrogen-bond donors (Lipinski definition) is 2. The van der Waals surface area contributed by atoms with Crippen LogP contribution in [-0.2, 0) is 6.54 Å². The summed E-state index contributed by atoms with van der Waals surface area (Å²) in [7, 11) is 0. The molecule has 2 rings (SSSR count). The van der Waals surface area contributed by atoms with Gasteiger partial charge in [0, 0.05) is 6.54 Å². The molecule has 0 unspecified atom stereocenters. The van der Waals surface area contributed by atoms with Crippen LogP contribution in [0, 0.1) is 5.82 Å². The van der Waals surface area contributed by atoms with Gasteiger partial charge >= 0.3 is 0 Å². The van der Waals surface area contributed by atoms with Gasteiger partial charge in [-0.2, -0.15) is 0 Å². The minimum Gasteiger partial charge on any atom is -0.262 e. The Morgan fingerprint density at radius 3 is 2.05 bits per heavy atom. The minimum absolute atomic E-state index is 0.0995. The number of hydrogen-bond acceptors (Lipinski definition) is 2. The Kier molecular flexibility index (Phi) is 7.23. The minimum atomic E-state index is -0.0995. The van der Waals surface area contributed by atoms with Crippen LogP contribution in [0.2, 0.25) is 0 Å². The molecule has 102 valence electrons. The van der Waals surface area contributed by atoms with E-state index in [0.29, 0.717) is 0 Å². The molecule has 1 nitrogen and oxygen atoms in total. The molecule has 3 heteroatoms. The molecule has 0 saturated carbocycles. The van der Waals surface area contributed by atoms with Crippen molar-refractivity contribution < 1.29 is 4.39 Å². The summed E-state index contributed by atoms with van der Waals surface area (Å²) >= 11 is 3.88. The molecule has 19 heavy (non-hydrogen) atoms. The molecule has 0 atom stereocenters. The Morgan fingerprint density at radius 2 is 1.58 bits per heavy atom. The van der Waals surface area contributed by atoms with Crippen molar-refractivity contribution in [2.45, 2.75) is 26.3 Å². The average molecular weight is 277 g/mol. The van der Waals surface area contributed by atoms with E-state index < -0.39 is 0 Å². The summed E-state index contributed by atoms with van der Waals surface area (Å²) in [5, 5.41) is 0. The first-order valence-corrected chi connectivity index (χ1v) is 6.75. The zero-order chi connectivity index (χ0) is 14.1. The second-order valence-corrected chi connectivity index (χ2v) is 4.81. The molecule has 1 N–H and O–H groups in total. The van der Waals surface area contributed by atoms with Gasteiger partial charge in [0.05, 0.1) is 0 Å². The van der Waals surface area contributed by atoms with E-state index >= 15 is 0 Å². The second kappa shape index (κ2) is 8.73. The van der Waals surface area contributed by atoms with Gasteiger partial charge in [0.2, 0.25) is 0 Å². The van der Waals surface area contributed by atoms with Crippen LogP contribution in [0.15, 0.2) is 54.6 Å². The zero-order valence-corrected chi connectivity index (χ0v) is 12.2.